The van der Waals surface area contributed by atoms with Crippen LogP contribution in [0, 0.1) is 0 Å². The second kappa shape index (κ2) is 5.26. The molecule has 7 nitrogen and oxygen atoms in total. The third-order valence-electron chi connectivity index (χ3n) is 2.40. The molecule has 94 valence electrons. The smallest absolute Gasteiger partial charge is 0.328 e. The number of carbonyl (C=O) groups is 2. The van der Waals surface area contributed by atoms with Crippen LogP contribution in [0.4, 0.5) is 5.95 Å². The number of nitrogens with zero attached hydrogens (tertiary/aromatic N) is 3. The minimum Gasteiger partial charge on any atom is -0.478 e. The van der Waals surface area contributed by atoms with Gasteiger partial charge < -0.3 is 15.3 Å². The highest BCUT2D eigenvalue weighted by Crippen LogP contribution is 2.09. The number of piperazine rings is 1. The molecular weight excluding hydrogens is 236 g/mol. The third-order valence-corrected chi connectivity index (χ3v) is 2.40. The number of hydrogen-bond donors (Lipinski definition) is 2. The highest BCUT2D eigenvalue weighted by atomic mass is 16.4. The lowest BCUT2D eigenvalue weighted by Crippen LogP contribution is -2.48. The van der Waals surface area contributed by atoms with Crippen LogP contribution in [0.5, 0.6) is 0 Å². The maximum Gasteiger partial charge on any atom is 0.328 e. The van der Waals surface area contributed by atoms with Crippen molar-refractivity contribution in [3.05, 3.63) is 24.0 Å². The molecule has 1 aliphatic rings. The number of hydrogen-bond acceptors (Lipinski definition) is 5. The molecule has 18 heavy (non-hydrogen) atoms. The summed E-state index contributed by atoms with van der Waals surface area (Å²) in [6.45, 7) is 1.48. The van der Waals surface area contributed by atoms with Crippen molar-refractivity contribution in [3.8, 4) is 0 Å². The van der Waals surface area contributed by atoms with E-state index in [2.05, 4.69) is 15.3 Å². The molecule has 1 aliphatic heterocycles. The van der Waals surface area contributed by atoms with Gasteiger partial charge in [-0.3, -0.25) is 4.79 Å². The molecule has 1 aromatic rings. The maximum absolute atomic E-state index is 11.2. The number of rotatable bonds is 3. The van der Waals surface area contributed by atoms with E-state index in [-0.39, 0.29) is 12.5 Å². The van der Waals surface area contributed by atoms with Gasteiger partial charge in [0.15, 0.2) is 0 Å². The Morgan fingerprint density at radius 2 is 2.17 bits per heavy atom. The van der Waals surface area contributed by atoms with Gasteiger partial charge >= 0.3 is 5.97 Å². The van der Waals surface area contributed by atoms with Crippen LogP contribution < -0.4 is 10.2 Å². The van der Waals surface area contributed by atoms with Gasteiger partial charge in [0, 0.05) is 37.1 Å². The second-order valence-corrected chi connectivity index (χ2v) is 3.76. The molecule has 0 radical (unpaired) electrons. The predicted molar refractivity (Wildman–Crippen MR) is 63.9 cm³/mol. The van der Waals surface area contributed by atoms with Crippen molar-refractivity contribution in [1.29, 1.82) is 0 Å². The molecule has 0 unspecified atom stereocenters. The lowest BCUT2D eigenvalue weighted by molar-refractivity contribution is -0.131. The monoisotopic (exact) mass is 248 g/mol. The van der Waals surface area contributed by atoms with Crippen LogP contribution in [0.1, 0.15) is 5.56 Å². The van der Waals surface area contributed by atoms with Crippen molar-refractivity contribution >= 4 is 23.9 Å². The molecule has 0 atom stereocenters. The Bertz CT molecular complexity index is 484. The lowest BCUT2D eigenvalue weighted by Gasteiger charge is -2.26. The van der Waals surface area contributed by atoms with Crippen molar-refractivity contribution < 1.29 is 14.7 Å². The van der Waals surface area contributed by atoms with Crippen molar-refractivity contribution in [2.45, 2.75) is 0 Å². The number of amides is 1. The minimum atomic E-state index is -1.02. The van der Waals surface area contributed by atoms with Crippen LogP contribution >= 0.6 is 0 Å². The number of carbonyl (C=O) groups excluding carboxylic acids is 1. The van der Waals surface area contributed by atoms with Crippen LogP contribution in [0.2, 0.25) is 0 Å². The van der Waals surface area contributed by atoms with Crippen molar-refractivity contribution in [1.82, 2.24) is 15.3 Å². The first kappa shape index (κ1) is 12.0. The Labute approximate surface area is 103 Å². The highest BCUT2D eigenvalue weighted by molar-refractivity contribution is 5.85. The van der Waals surface area contributed by atoms with Crippen LogP contribution in [0.15, 0.2) is 18.5 Å². The summed E-state index contributed by atoms with van der Waals surface area (Å²) in [6, 6.07) is 0. The Kier molecular flexibility index (Phi) is 3.52. The van der Waals surface area contributed by atoms with Gasteiger partial charge in [-0.05, 0) is 6.08 Å². The maximum atomic E-state index is 11.2. The topological polar surface area (TPSA) is 95.4 Å². The summed E-state index contributed by atoms with van der Waals surface area (Å²) < 4.78 is 0. The van der Waals surface area contributed by atoms with E-state index in [4.69, 9.17) is 5.11 Å². The predicted octanol–water partition coefficient (Wildman–Crippen LogP) is -0.489. The second-order valence-electron chi connectivity index (χ2n) is 3.76. The highest BCUT2D eigenvalue weighted by Gasteiger charge is 2.17. The number of aromatic nitrogens is 2. The van der Waals surface area contributed by atoms with E-state index in [1.807, 2.05) is 0 Å². The fourth-order valence-corrected chi connectivity index (χ4v) is 1.56. The molecule has 7 heteroatoms. The van der Waals surface area contributed by atoms with Gasteiger partial charge in [0.2, 0.25) is 11.9 Å². The zero-order valence-electron chi connectivity index (χ0n) is 9.54. The molecule has 0 spiro atoms. The summed E-state index contributed by atoms with van der Waals surface area (Å²) >= 11 is 0. The van der Waals surface area contributed by atoms with Gasteiger partial charge in [-0.25, -0.2) is 14.8 Å². The van der Waals surface area contributed by atoms with Crippen LogP contribution in [0.25, 0.3) is 6.08 Å². The Morgan fingerprint density at radius 3 is 2.78 bits per heavy atom. The molecule has 1 saturated heterocycles. The van der Waals surface area contributed by atoms with Crippen LogP contribution in [-0.4, -0.2) is 46.6 Å². The number of anilines is 1. The quantitative estimate of drug-likeness (QED) is 0.701. The Hall–Kier alpha value is -2.44. The van der Waals surface area contributed by atoms with E-state index in [0.29, 0.717) is 24.6 Å². The molecule has 0 bridgehead atoms. The van der Waals surface area contributed by atoms with Crippen molar-refractivity contribution in [2.24, 2.45) is 0 Å². The van der Waals surface area contributed by atoms with E-state index >= 15 is 0 Å². The molecule has 2 N–H and O–H groups in total. The third kappa shape index (κ3) is 3.03. The van der Waals surface area contributed by atoms with Gasteiger partial charge in [-0.1, -0.05) is 0 Å². The normalized spacial score (nSPS) is 15.8. The van der Waals surface area contributed by atoms with E-state index in [9.17, 15) is 9.59 Å². The lowest BCUT2D eigenvalue weighted by atomic mass is 10.3. The summed E-state index contributed by atoms with van der Waals surface area (Å²) in [7, 11) is 0. The Balaban J connectivity index is 2.07. The first-order valence-corrected chi connectivity index (χ1v) is 5.40. The van der Waals surface area contributed by atoms with Crippen molar-refractivity contribution in [2.75, 3.05) is 24.5 Å². The minimum absolute atomic E-state index is 0.0558. The zero-order chi connectivity index (χ0) is 13.0. The molecule has 1 aromatic heterocycles. The van der Waals surface area contributed by atoms with E-state index < -0.39 is 5.97 Å². The van der Waals surface area contributed by atoms with Gasteiger partial charge in [-0.15, -0.1) is 0 Å². The summed E-state index contributed by atoms with van der Waals surface area (Å²) in [4.78, 5) is 31.5. The van der Waals surface area contributed by atoms with Crippen LogP contribution in [0.3, 0.4) is 0 Å². The molecule has 2 heterocycles. The van der Waals surface area contributed by atoms with E-state index in [1.165, 1.54) is 18.5 Å². The number of aliphatic carboxylic acids is 1. The molecule has 2 rings (SSSR count). The van der Waals surface area contributed by atoms with Gasteiger partial charge in [0.25, 0.3) is 0 Å². The number of carboxylic acids is 1. The van der Waals surface area contributed by atoms with Gasteiger partial charge in [-0.2, -0.15) is 0 Å². The van der Waals surface area contributed by atoms with Gasteiger partial charge in [0.1, 0.15) is 0 Å². The summed E-state index contributed by atoms with van der Waals surface area (Å²) in [5.41, 5.74) is 0.600. The van der Waals surface area contributed by atoms with E-state index in [1.54, 1.807) is 4.90 Å². The Morgan fingerprint density at radius 1 is 1.44 bits per heavy atom. The van der Waals surface area contributed by atoms with Crippen LogP contribution in [-0.2, 0) is 9.59 Å². The molecule has 0 aliphatic carbocycles. The largest absolute Gasteiger partial charge is 0.478 e. The summed E-state index contributed by atoms with van der Waals surface area (Å²) in [6.07, 6.45) is 5.48. The molecule has 1 amide bonds. The average Bonchev–Trinajstić information content (AvgIpc) is 2.37. The molecular formula is C11H12N4O3. The zero-order valence-corrected chi connectivity index (χ0v) is 9.54. The molecule has 0 aromatic carbocycles. The first-order valence-electron chi connectivity index (χ1n) is 5.40. The van der Waals surface area contributed by atoms with Gasteiger partial charge in [0.05, 0.1) is 6.54 Å². The van der Waals surface area contributed by atoms with E-state index in [0.717, 1.165) is 6.08 Å². The first-order chi connectivity index (χ1) is 8.65. The summed E-state index contributed by atoms with van der Waals surface area (Å²) in [5.74, 6) is -0.608. The van der Waals surface area contributed by atoms with Crippen molar-refractivity contribution in [3.63, 3.8) is 0 Å². The summed E-state index contributed by atoms with van der Waals surface area (Å²) in [5, 5.41) is 11.2. The molecule has 1 fully saturated rings. The average molecular weight is 248 g/mol. The standard InChI is InChI=1S/C11H12N4O3/c16-9-7-15(4-3-12-9)11-13-5-8(6-14-11)1-2-10(17)18/h1-2,5-6H,3-4,7H2,(H,12,16)(H,17,18)/b2-1+. The fourth-order valence-electron chi connectivity index (χ4n) is 1.56. The number of nitrogens with one attached hydrogen (secondary N) is 1. The fraction of sp³-hybridized carbons (Fsp3) is 0.273. The number of carboxylic acid groups (broad SMARTS) is 1. The SMILES string of the molecule is O=C(O)/C=C/c1cnc(N2CCNC(=O)C2)nc1. The molecule has 0 saturated carbocycles.